The predicted octanol–water partition coefficient (Wildman–Crippen LogP) is 4.02. The fraction of sp³-hybridized carbons (Fsp3) is 0.500. The van der Waals surface area contributed by atoms with Gasteiger partial charge in [-0.25, -0.2) is 0 Å². The third kappa shape index (κ3) is 7.08. The Balaban J connectivity index is 1.44. The van der Waals surface area contributed by atoms with E-state index in [0.29, 0.717) is 12.3 Å². The van der Waals surface area contributed by atoms with Crippen LogP contribution in [0.3, 0.4) is 0 Å². The van der Waals surface area contributed by atoms with Crippen LogP contribution in [0.5, 0.6) is 5.75 Å². The average molecular weight is 425 g/mol. The SMILES string of the molecule is CC(Oc1ccc(C(C)(C)C)cc1)C(=O)NCc1ccc(CN2CCC(O)CC2)cc1. The molecule has 0 radical (unpaired) electrons. The van der Waals surface area contributed by atoms with E-state index in [1.807, 2.05) is 24.3 Å². The second kappa shape index (κ2) is 10.3. The first-order valence-electron chi connectivity index (χ1n) is 11.2. The number of amides is 1. The Morgan fingerprint density at radius 2 is 1.65 bits per heavy atom. The molecule has 168 valence electrons. The average Bonchev–Trinajstić information content (AvgIpc) is 2.74. The zero-order valence-corrected chi connectivity index (χ0v) is 19.2. The van der Waals surface area contributed by atoms with Crippen molar-refractivity contribution in [1.82, 2.24) is 10.2 Å². The lowest BCUT2D eigenvalue weighted by molar-refractivity contribution is -0.127. The van der Waals surface area contributed by atoms with Gasteiger partial charge in [0.1, 0.15) is 5.75 Å². The van der Waals surface area contributed by atoms with E-state index in [2.05, 4.69) is 55.3 Å². The van der Waals surface area contributed by atoms with E-state index in [4.69, 9.17) is 4.74 Å². The van der Waals surface area contributed by atoms with E-state index in [-0.39, 0.29) is 17.4 Å². The Labute approximate surface area is 186 Å². The van der Waals surface area contributed by atoms with E-state index in [1.54, 1.807) is 6.92 Å². The lowest BCUT2D eigenvalue weighted by Gasteiger charge is -2.29. The van der Waals surface area contributed by atoms with Crippen molar-refractivity contribution in [3.63, 3.8) is 0 Å². The van der Waals surface area contributed by atoms with Crippen LogP contribution in [0.2, 0.25) is 0 Å². The van der Waals surface area contributed by atoms with Crippen LogP contribution in [0, 0.1) is 0 Å². The zero-order chi connectivity index (χ0) is 22.4. The summed E-state index contributed by atoms with van der Waals surface area (Å²) >= 11 is 0. The van der Waals surface area contributed by atoms with E-state index in [1.165, 1.54) is 11.1 Å². The fourth-order valence-corrected chi connectivity index (χ4v) is 3.72. The van der Waals surface area contributed by atoms with Gasteiger partial charge in [-0.05, 0) is 54.0 Å². The molecule has 1 heterocycles. The van der Waals surface area contributed by atoms with Crippen LogP contribution >= 0.6 is 0 Å². The highest BCUT2D eigenvalue weighted by Gasteiger charge is 2.18. The van der Waals surface area contributed by atoms with Gasteiger partial charge in [-0.15, -0.1) is 0 Å². The molecular formula is C26H36N2O3. The molecule has 1 fully saturated rings. The maximum Gasteiger partial charge on any atom is 0.261 e. The van der Waals surface area contributed by atoms with Gasteiger partial charge in [0, 0.05) is 26.2 Å². The molecule has 2 aromatic rings. The molecule has 1 aliphatic heterocycles. The van der Waals surface area contributed by atoms with Crippen LogP contribution in [-0.4, -0.2) is 41.2 Å². The number of benzene rings is 2. The Morgan fingerprint density at radius 3 is 2.23 bits per heavy atom. The summed E-state index contributed by atoms with van der Waals surface area (Å²) in [6.07, 6.45) is 1.00. The van der Waals surface area contributed by atoms with Gasteiger partial charge in [0.05, 0.1) is 6.10 Å². The van der Waals surface area contributed by atoms with Crippen molar-refractivity contribution in [2.24, 2.45) is 0 Å². The quantitative estimate of drug-likeness (QED) is 0.705. The number of carbonyl (C=O) groups excluding carboxylic acids is 1. The molecule has 1 unspecified atom stereocenters. The number of nitrogens with zero attached hydrogens (tertiary/aromatic N) is 1. The Morgan fingerprint density at radius 1 is 1.06 bits per heavy atom. The summed E-state index contributed by atoms with van der Waals surface area (Å²) in [5.74, 6) is 0.570. The molecule has 1 atom stereocenters. The molecule has 0 spiro atoms. The van der Waals surface area contributed by atoms with Gasteiger partial charge in [-0.1, -0.05) is 57.2 Å². The molecular weight excluding hydrogens is 388 g/mol. The van der Waals surface area contributed by atoms with E-state index < -0.39 is 6.10 Å². The molecule has 5 heteroatoms. The molecule has 0 aromatic heterocycles. The molecule has 0 saturated carbocycles. The molecule has 2 N–H and O–H groups in total. The lowest BCUT2D eigenvalue weighted by atomic mass is 9.87. The van der Waals surface area contributed by atoms with Crippen molar-refractivity contribution in [2.45, 2.75) is 71.2 Å². The number of likely N-dealkylation sites (tertiary alicyclic amines) is 1. The number of hydrogen-bond acceptors (Lipinski definition) is 4. The van der Waals surface area contributed by atoms with Gasteiger partial charge in [0.2, 0.25) is 0 Å². The number of hydrogen-bond donors (Lipinski definition) is 2. The minimum absolute atomic E-state index is 0.0906. The van der Waals surface area contributed by atoms with Gasteiger partial charge in [0.25, 0.3) is 5.91 Å². The van der Waals surface area contributed by atoms with Gasteiger partial charge in [-0.3, -0.25) is 9.69 Å². The van der Waals surface area contributed by atoms with E-state index in [9.17, 15) is 9.90 Å². The second-order valence-electron chi connectivity index (χ2n) is 9.58. The summed E-state index contributed by atoms with van der Waals surface area (Å²) in [6.45, 7) is 11.5. The minimum Gasteiger partial charge on any atom is -0.481 e. The topological polar surface area (TPSA) is 61.8 Å². The highest BCUT2D eigenvalue weighted by Crippen LogP contribution is 2.24. The summed E-state index contributed by atoms with van der Waals surface area (Å²) in [5, 5.41) is 12.6. The van der Waals surface area contributed by atoms with Crippen molar-refractivity contribution >= 4 is 5.91 Å². The third-order valence-electron chi connectivity index (χ3n) is 5.86. The molecule has 1 saturated heterocycles. The molecule has 31 heavy (non-hydrogen) atoms. The van der Waals surface area contributed by atoms with Crippen molar-refractivity contribution < 1.29 is 14.6 Å². The summed E-state index contributed by atoms with van der Waals surface area (Å²) < 4.78 is 5.81. The van der Waals surface area contributed by atoms with Gasteiger partial charge >= 0.3 is 0 Å². The van der Waals surface area contributed by atoms with E-state index >= 15 is 0 Å². The smallest absolute Gasteiger partial charge is 0.261 e. The standard InChI is InChI=1S/C26H36N2O3/c1-19(31-24-11-9-22(10-12-24)26(2,3)4)25(30)27-17-20-5-7-21(8-6-20)18-28-15-13-23(29)14-16-28/h5-12,19,23,29H,13-18H2,1-4H3,(H,27,30). The monoisotopic (exact) mass is 424 g/mol. The van der Waals surface area contributed by atoms with Gasteiger partial charge in [0.15, 0.2) is 6.10 Å². The highest BCUT2D eigenvalue weighted by molar-refractivity contribution is 5.80. The second-order valence-corrected chi connectivity index (χ2v) is 9.58. The van der Waals surface area contributed by atoms with Crippen molar-refractivity contribution in [3.8, 4) is 5.75 Å². The van der Waals surface area contributed by atoms with Crippen LogP contribution in [0.15, 0.2) is 48.5 Å². The lowest BCUT2D eigenvalue weighted by Crippen LogP contribution is -2.36. The maximum absolute atomic E-state index is 12.4. The Bertz CT molecular complexity index is 832. The van der Waals surface area contributed by atoms with Crippen LogP contribution in [-0.2, 0) is 23.3 Å². The van der Waals surface area contributed by atoms with Crippen LogP contribution in [0.1, 0.15) is 57.2 Å². The molecule has 0 aliphatic carbocycles. The molecule has 1 aliphatic rings. The maximum atomic E-state index is 12.4. The summed E-state index contributed by atoms with van der Waals surface area (Å²) in [7, 11) is 0. The number of aliphatic hydroxyl groups is 1. The summed E-state index contributed by atoms with van der Waals surface area (Å²) in [4.78, 5) is 14.8. The molecule has 1 amide bonds. The molecule has 2 aromatic carbocycles. The fourth-order valence-electron chi connectivity index (χ4n) is 3.72. The zero-order valence-electron chi connectivity index (χ0n) is 19.2. The third-order valence-corrected chi connectivity index (χ3v) is 5.86. The summed E-state index contributed by atoms with van der Waals surface area (Å²) in [6, 6.07) is 16.3. The Hall–Kier alpha value is -2.37. The number of ether oxygens (including phenoxy) is 1. The van der Waals surface area contributed by atoms with Gasteiger partial charge in [-0.2, -0.15) is 0 Å². The van der Waals surface area contributed by atoms with Crippen molar-refractivity contribution in [3.05, 3.63) is 65.2 Å². The minimum atomic E-state index is -0.561. The van der Waals surface area contributed by atoms with Crippen molar-refractivity contribution in [1.29, 1.82) is 0 Å². The van der Waals surface area contributed by atoms with Crippen LogP contribution in [0.4, 0.5) is 0 Å². The highest BCUT2D eigenvalue weighted by atomic mass is 16.5. The number of rotatable bonds is 7. The predicted molar refractivity (Wildman–Crippen MR) is 124 cm³/mol. The summed E-state index contributed by atoms with van der Waals surface area (Å²) in [5.41, 5.74) is 3.64. The number of carbonyl (C=O) groups is 1. The first-order chi connectivity index (χ1) is 14.7. The molecule has 0 bridgehead atoms. The first kappa shape index (κ1) is 23.3. The molecule has 5 nitrogen and oxygen atoms in total. The van der Waals surface area contributed by atoms with E-state index in [0.717, 1.165) is 38.0 Å². The number of nitrogens with one attached hydrogen (secondary N) is 1. The Kier molecular flexibility index (Phi) is 7.74. The van der Waals surface area contributed by atoms with Crippen molar-refractivity contribution in [2.75, 3.05) is 13.1 Å². The number of piperidine rings is 1. The van der Waals surface area contributed by atoms with Gasteiger partial charge < -0.3 is 15.2 Å². The first-order valence-corrected chi connectivity index (χ1v) is 11.2. The molecule has 3 rings (SSSR count). The van der Waals surface area contributed by atoms with Crippen LogP contribution < -0.4 is 10.1 Å². The largest absolute Gasteiger partial charge is 0.481 e. The normalized spacial score (nSPS) is 16.7. The number of aliphatic hydroxyl groups excluding tert-OH is 1. The van der Waals surface area contributed by atoms with Crippen LogP contribution in [0.25, 0.3) is 0 Å².